The summed E-state index contributed by atoms with van der Waals surface area (Å²) in [6, 6.07) is 15.9. The molecule has 0 heterocycles. The van der Waals surface area contributed by atoms with Crippen LogP contribution in [0.2, 0.25) is 0 Å². The SMILES string of the molecule is CCCCOc1ccc(-c2ccc(C(=O)C(C)C)cc2)cc1. The monoisotopic (exact) mass is 296 g/mol. The van der Waals surface area contributed by atoms with Crippen molar-refractivity contribution in [3.05, 3.63) is 54.1 Å². The molecule has 0 N–H and O–H groups in total. The normalized spacial score (nSPS) is 10.7. The number of ketones is 1. The summed E-state index contributed by atoms with van der Waals surface area (Å²) in [5.41, 5.74) is 3.02. The van der Waals surface area contributed by atoms with Crippen molar-refractivity contribution in [2.75, 3.05) is 6.61 Å². The highest BCUT2D eigenvalue weighted by molar-refractivity contribution is 5.97. The van der Waals surface area contributed by atoms with Crippen LogP contribution in [0.1, 0.15) is 44.0 Å². The molecule has 0 fully saturated rings. The number of carbonyl (C=O) groups excluding carboxylic acids is 1. The minimum absolute atomic E-state index is 0.0328. The van der Waals surface area contributed by atoms with Gasteiger partial charge >= 0.3 is 0 Å². The predicted octanol–water partition coefficient (Wildman–Crippen LogP) is 5.37. The molecule has 0 bridgehead atoms. The maximum atomic E-state index is 11.9. The van der Waals surface area contributed by atoms with Crippen LogP contribution in [-0.4, -0.2) is 12.4 Å². The van der Waals surface area contributed by atoms with Gasteiger partial charge in [-0.2, -0.15) is 0 Å². The average molecular weight is 296 g/mol. The van der Waals surface area contributed by atoms with E-state index in [2.05, 4.69) is 19.1 Å². The lowest BCUT2D eigenvalue weighted by atomic mass is 9.98. The lowest BCUT2D eigenvalue weighted by Crippen LogP contribution is -2.06. The predicted molar refractivity (Wildman–Crippen MR) is 91.4 cm³/mol. The molecule has 22 heavy (non-hydrogen) atoms. The number of carbonyl (C=O) groups is 1. The zero-order valence-electron chi connectivity index (χ0n) is 13.6. The van der Waals surface area contributed by atoms with Crippen LogP contribution >= 0.6 is 0 Å². The van der Waals surface area contributed by atoms with Crippen LogP contribution < -0.4 is 4.74 Å². The summed E-state index contributed by atoms with van der Waals surface area (Å²) in [7, 11) is 0. The highest BCUT2D eigenvalue weighted by Gasteiger charge is 2.10. The minimum atomic E-state index is 0.0328. The summed E-state index contributed by atoms with van der Waals surface area (Å²) in [6.45, 7) is 6.77. The van der Waals surface area contributed by atoms with Crippen LogP contribution in [0, 0.1) is 5.92 Å². The Hall–Kier alpha value is -2.09. The van der Waals surface area contributed by atoms with E-state index in [1.54, 1.807) is 0 Å². The Morgan fingerprint density at radius 2 is 1.50 bits per heavy atom. The van der Waals surface area contributed by atoms with Crippen LogP contribution in [0.3, 0.4) is 0 Å². The van der Waals surface area contributed by atoms with E-state index < -0.39 is 0 Å². The maximum Gasteiger partial charge on any atom is 0.165 e. The molecule has 2 aromatic rings. The molecule has 0 unspecified atom stereocenters. The molecular formula is C20H24O2. The Kier molecular flexibility index (Phi) is 5.76. The zero-order chi connectivity index (χ0) is 15.9. The first-order valence-corrected chi connectivity index (χ1v) is 7.99. The number of unbranched alkanes of at least 4 members (excludes halogenated alkanes) is 1. The molecule has 0 spiro atoms. The van der Waals surface area contributed by atoms with E-state index in [0.717, 1.165) is 41.9 Å². The summed E-state index contributed by atoms with van der Waals surface area (Å²) >= 11 is 0. The second-order valence-corrected chi connectivity index (χ2v) is 5.82. The lowest BCUT2D eigenvalue weighted by molar-refractivity contribution is 0.0939. The van der Waals surface area contributed by atoms with E-state index in [1.165, 1.54) is 0 Å². The highest BCUT2D eigenvalue weighted by atomic mass is 16.5. The molecule has 2 rings (SSSR count). The third-order valence-corrected chi connectivity index (χ3v) is 3.65. The van der Waals surface area contributed by atoms with Crippen molar-refractivity contribution >= 4 is 5.78 Å². The minimum Gasteiger partial charge on any atom is -0.494 e. The Labute approximate surface area is 133 Å². The van der Waals surface area contributed by atoms with Gasteiger partial charge in [0.05, 0.1) is 6.61 Å². The maximum absolute atomic E-state index is 11.9. The second kappa shape index (κ2) is 7.79. The molecule has 0 saturated carbocycles. The van der Waals surface area contributed by atoms with Gasteiger partial charge in [-0.05, 0) is 29.7 Å². The van der Waals surface area contributed by atoms with E-state index in [9.17, 15) is 4.79 Å². The smallest absolute Gasteiger partial charge is 0.165 e. The van der Waals surface area contributed by atoms with Crippen molar-refractivity contribution in [2.24, 2.45) is 5.92 Å². The quantitative estimate of drug-likeness (QED) is 0.507. The highest BCUT2D eigenvalue weighted by Crippen LogP contribution is 2.23. The average Bonchev–Trinajstić information content (AvgIpc) is 2.55. The fourth-order valence-corrected chi connectivity index (χ4v) is 2.24. The summed E-state index contributed by atoms with van der Waals surface area (Å²) < 4.78 is 5.67. The first-order valence-electron chi connectivity index (χ1n) is 7.99. The number of hydrogen-bond acceptors (Lipinski definition) is 2. The molecule has 0 atom stereocenters. The molecule has 116 valence electrons. The lowest BCUT2D eigenvalue weighted by Gasteiger charge is -2.08. The van der Waals surface area contributed by atoms with Gasteiger partial charge in [-0.25, -0.2) is 0 Å². The van der Waals surface area contributed by atoms with Crippen molar-refractivity contribution in [3.63, 3.8) is 0 Å². The molecule has 0 aliphatic heterocycles. The Bertz CT molecular complexity index is 595. The van der Waals surface area contributed by atoms with Crippen molar-refractivity contribution in [1.29, 1.82) is 0 Å². The Balaban J connectivity index is 2.07. The van der Waals surface area contributed by atoms with Crippen LogP contribution in [0.15, 0.2) is 48.5 Å². The van der Waals surface area contributed by atoms with Crippen LogP contribution in [0.4, 0.5) is 0 Å². The van der Waals surface area contributed by atoms with Gasteiger partial charge in [-0.15, -0.1) is 0 Å². The molecule has 0 amide bonds. The molecule has 2 heteroatoms. The molecule has 2 aromatic carbocycles. The molecule has 0 aromatic heterocycles. The number of benzene rings is 2. The second-order valence-electron chi connectivity index (χ2n) is 5.82. The molecule has 2 nitrogen and oxygen atoms in total. The van der Waals surface area contributed by atoms with Gasteiger partial charge in [0.15, 0.2) is 5.78 Å². The Morgan fingerprint density at radius 3 is 2.00 bits per heavy atom. The van der Waals surface area contributed by atoms with Crippen molar-refractivity contribution in [1.82, 2.24) is 0 Å². The van der Waals surface area contributed by atoms with Gasteiger partial charge in [0, 0.05) is 11.5 Å². The first kappa shape index (κ1) is 16.3. The van der Waals surface area contributed by atoms with Crippen molar-refractivity contribution in [3.8, 4) is 16.9 Å². The third kappa shape index (κ3) is 4.20. The van der Waals surface area contributed by atoms with E-state index in [4.69, 9.17) is 4.74 Å². The summed E-state index contributed by atoms with van der Waals surface area (Å²) in [5.74, 6) is 1.13. The molecule has 0 aliphatic rings. The summed E-state index contributed by atoms with van der Waals surface area (Å²) in [4.78, 5) is 11.9. The van der Waals surface area contributed by atoms with Crippen molar-refractivity contribution < 1.29 is 9.53 Å². The van der Waals surface area contributed by atoms with E-state index >= 15 is 0 Å². The van der Waals surface area contributed by atoms with E-state index in [0.29, 0.717) is 0 Å². The first-order chi connectivity index (χ1) is 10.6. The van der Waals surface area contributed by atoms with Gasteiger partial charge in [0.25, 0.3) is 0 Å². The topological polar surface area (TPSA) is 26.3 Å². The fourth-order valence-electron chi connectivity index (χ4n) is 2.24. The van der Waals surface area contributed by atoms with Gasteiger partial charge in [-0.1, -0.05) is 63.6 Å². The summed E-state index contributed by atoms with van der Waals surface area (Å²) in [5, 5.41) is 0. The van der Waals surface area contributed by atoms with Crippen LogP contribution in [-0.2, 0) is 0 Å². The van der Waals surface area contributed by atoms with E-state index in [1.807, 2.05) is 50.2 Å². The van der Waals surface area contributed by atoms with Crippen LogP contribution in [0.5, 0.6) is 5.75 Å². The zero-order valence-corrected chi connectivity index (χ0v) is 13.6. The van der Waals surface area contributed by atoms with Gasteiger partial charge < -0.3 is 4.74 Å². The fraction of sp³-hybridized carbons (Fsp3) is 0.350. The number of hydrogen-bond donors (Lipinski definition) is 0. The Morgan fingerprint density at radius 1 is 0.955 bits per heavy atom. The van der Waals surface area contributed by atoms with E-state index in [-0.39, 0.29) is 11.7 Å². The van der Waals surface area contributed by atoms with Gasteiger partial charge in [0.2, 0.25) is 0 Å². The van der Waals surface area contributed by atoms with Gasteiger partial charge in [-0.3, -0.25) is 4.79 Å². The molecule has 0 aliphatic carbocycles. The number of rotatable bonds is 7. The summed E-state index contributed by atoms with van der Waals surface area (Å²) in [6.07, 6.45) is 2.21. The largest absolute Gasteiger partial charge is 0.494 e. The third-order valence-electron chi connectivity index (χ3n) is 3.65. The number of ether oxygens (including phenoxy) is 1. The molecule has 0 radical (unpaired) electrons. The van der Waals surface area contributed by atoms with Gasteiger partial charge in [0.1, 0.15) is 5.75 Å². The van der Waals surface area contributed by atoms with Crippen LogP contribution in [0.25, 0.3) is 11.1 Å². The molecule has 0 saturated heterocycles. The number of Topliss-reactive ketones (excluding diaryl/α,β-unsaturated/α-hetero) is 1. The standard InChI is InChI=1S/C20H24O2/c1-4-5-14-22-19-12-10-17(11-13-19)16-6-8-18(9-7-16)20(21)15(2)3/h6-13,15H,4-5,14H2,1-3H3. The van der Waals surface area contributed by atoms with Crippen molar-refractivity contribution in [2.45, 2.75) is 33.6 Å². The molecular weight excluding hydrogens is 272 g/mol.